The maximum atomic E-state index is 12.5. The molecule has 150 valence electrons. The van der Waals surface area contributed by atoms with Gasteiger partial charge in [0.15, 0.2) is 0 Å². The van der Waals surface area contributed by atoms with Crippen LogP contribution in [-0.4, -0.2) is 16.0 Å². The van der Waals surface area contributed by atoms with E-state index in [1.54, 1.807) is 12.1 Å². The largest absolute Gasteiger partial charge is 0.493 e. The number of aromatic hydroxyl groups is 1. The maximum absolute atomic E-state index is 12.5. The second-order valence-corrected chi connectivity index (χ2v) is 7.82. The van der Waals surface area contributed by atoms with E-state index in [9.17, 15) is 9.90 Å². The highest BCUT2D eigenvalue weighted by Gasteiger charge is 2.12. The summed E-state index contributed by atoms with van der Waals surface area (Å²) in [6.07, 6.45) is -0.153. The van der Waals surface area contributed by atoms with E-state index >= 15 is 0 Å². The molecule has 2 N–H and O–H groups in total. The summed E-state index contributed by atoms with van der Waals surface area (Å²) in [6.45, 7) is 5.88. The maximum Gasteiger partial charge on any atom is 0.251 e. The number of hydrogen-bond acceptors (Lipinski definition) is 4. The SMILES string of the molecule is Cc1cc(C)c(CNC(=O)c2ccc(C(C)Oc3cccc(Br)c3)cc2)c(O)n1. The Bertz CT molecular complexity index is 996. The van der Waals surface area contributed by atoms with E-state index in [1.807, 2.05) is 63.2 Å². The zero-order valence-corrected chi connectivity index (χ0v) is 18.2. The lowest BCUT2D eigenvalue weighted by Crippen LogP contribution is -2.23. The fourth-order valence-electron chi connectivity index (χ4n) is 3.05. The van der Waals surface area contributed by atoms with Gasteiger partial charge in [0.2, 0.25) is 5.88 Å². The molecule has 1 aromatic heterocycles. The summed E-state index contributed by atoms with van der Waals surface area (Å²) in [5.41, 5.74) is 3.77. The summed E-state index contributed by atoms with van der Waals surface area (Å²) in [6, 6.07) is 16.9. The Hall–Kier alpha value is -2.86. The Morgan fingerprint density at radius 3 is 2.55 bits per heavy atom. The van der Waals surface area contributed by atoms with Gasteiger partial charge in [-0.15, -0.1) is 0 Å². The van der Waals surface area contributed by atoms with Crippen LogP contribution in [0.1, 0.15) is 45.8 Å². The molecule has 5 nitrogen and oxygen atoms in total. The number of hydrogen-bond donors (Lipinski definition) is 2. The number of ether oxygens (including phenoxy) is 1. The van der Waals surface area contributed by atoms with Crippen molar-refractivity contribution in [1.82, 2.24) is 10.3 Å². The van der Waals surface area contributed by atoms with Gasteiger partial charge in [-0.05, 0) is 68.3 Å². The number of aryl methyl sites for hydroxylation is 2. The average Bonchev–Trinajstić information content (AvgIpc) is 2.67. The number of nitrogens with one attached hydrogen (secondary N) is 1. The first-order chi connectivity index (χ1) is 13.8. The standard InChI is InChI=1S/C23H23BrN2O3/c1-14-11-15(2)26-23(28)21(14)13-25-22(27)18-9-7-17(8-10-18)16(3)29-20-6-4-5-19(24)12-20/h4-12,16H,13H2,1-3H3,(H,25,27)(H,26,28). The van der Waals surface area contributed by atoms with Gasteiger partial charge in [-0.2, -0.15) is 0 Å². The Balaban J connectivity index is 1.63. The lowest BCUT2D eigenvalue weighted by molar-refractivity contribution is 0.0950. The molecule has 0 spiro atoms. The first-order valence-corrected chi connectivity index (χ1v) is 10.1. The molecule has 29 heavy (non-hydrogen) atoms. The molecule has 0 aliphatic carbocycles. The Labute approximate surface area is 178 Å². The summed E-state index contributed by atoms with van der Waals surface area (Å²) >= 11 is 3.43. The summed E-state index contributed by atoms with van der Waals surface area (Å²) in [5.74, 6) is 0.517. The van der Waals surface area contributed by atoms with E-state index in [0.29, 0.717) is 11.1 Å². The van der Waals surface area contributed by atoms with Gasteiger partial charge in [-0.3, -0.25) is 4.79 Å². The number of rotatable bonds is 6. The van der Waals surface area contributed by atoms with Crippen LogP contribution in [0.5, 0.6) is 11.6 Å². The second-order valence-electron chi connectivity index (χ2n) is 6.90. The number of benzene rings is 2. The molecule has 1 amide bonds. The number of carbonyl (C=O) groups is 1. The van der Waals surface area contributed by atoms with Crippen molar-refractivity contribution >= 4 is 21.8 Å². The number of halogens is 1. The van der Waals surface area contributed by atoms with E-state index in [1.165, 1.54) is 0 Å². The van der Waals surface area contributed by atoms with Crippen molar-refractivity contribution in [3.8, 4) is 11.6 Å². The molecule has 0 saturated carbocycles. The van der Waals surface area contributed by atoms with Gasteiger partial charge in [0.25, 0.3) is 5.91 Å². The van der Waals surface area contributed by atoms with Gasteiger partial charge in [0.05, 0.1) is 0 Å². The van der Waals surface area contributed by atoms with Crippen molar-refractivity contribution in [1.29, 1.82) is 0 Å². The molecular formula is C23H23BrN2O3. The molecule has 6 heteroatoms. The Kier molecular flexibility index (Phi) is 6.54. The molecule has 0 radical (unpaired) electrons. The minimum absolute atomic E-state index is 0.0447. The molecule has 0 saturated heterocycles. The van der Waals surface area contributed by atoms with Gasteiger partial charge in [-0.25, -0.2) is 4.98 Å². The minimum Gasteiger partial charge on any atom is -0.493 e. The molecule has 1 unspecified atom stereocenters. The topological polar surface area (TPSA) is 71.5 Å². The monoisotopic (exact) mass is 454 g/mol. The van der Waals surface area contributed by atoms with Crippen molar-refractivity contribution in [3.05, 3.63) is 87.0 Å². The van der Waals surface area contributed by atoms with Crippen LogP contribution in [0.3, 0.4) is 0 Å². The zero-order chi connectivity index (χ0) is 21.0. The van der Waals surface area contributed by atoms with Crippen LogP contribution >= 0.6 is 15.9 Å². The van der Waals surface area contributed by atoms with E-state index < -0.39 is 0 Å². The van der Waals surface area contributed by atoms with Crippen molar-refractivity contribution in [3.63, 3.8) is 0 Å². The molecule has 1 heterocycles. The number of nitrogens with zero attached hydrogens (tertiary/aromatic N) is 1. The molecule has 0 fully saturated rings. The lowest BCUT2D eigenvalue weighted by Gasteiger charge is -2.16. The molecule has 0 aliphatic rings. The molecule has 2 aromatic carbocycles. The van der Waals surface area contributed by atoms with Crippen molar-refractivity contribution < 1.29 is 14.6 Å². The van der Waals surface area contributed by atoms with E-state index in [-0.39, 0.29) is 24.4 Å². The third-order valence-corrected chi connectivity index (χ3v) is 5.12. The van der Waals surface area contributed by atoms with E-state index in [0.717, 1.165) is 27.0 Å². The minimum atomic E-state index is -0.212. The van der Waals surface area contributed by atoms with Crippen LogP contribution in [0.2, 0.25) is 0 Å². The summed E-state index contributed by atoms with van der Waals surface area (Å²) in [5, 5.41) is 12.8. The second kappa shape index (κ2) is 9.09. The molecule has 0 aliphatic heterocycles. The summed E-state index contributed by atoms with van der Waals surface area (Å²) in [4.78, 5) is 16.5. The van der Waals surface area contributed by atoms with Gasteiger partial charge in [0.1, 0.15) is 11.9 Å². The van der Waals surface area contributed by atoms with Crippen LogP contribution in [0.4, 0.5) is 0 Å². The van der Waals surface area contributed by atoms with Crippen LogP contribution in [0.15, 0.2) is 59.1 Å². The fourth-order valence-corrected chi connectivity index (χ4v) is 3.43. The first-order valence-electron chi connectivity index (χ1n) is 9.30. The summed E-state index contributed by atoms with van der Waals surface area (Å²) < 4.78 is 6.92. The molecule has 3 rings (SSSR count). The van der Waals surface area contributed by atoms with Crippen molar-refractivity contribution in [2.24, 2.45) is 0 Å². The molecule has 1 atom stereocenters. The number of amides is 1. The van der Waals surface area contributed by atoms with Crippen LogP contribution < -0.4 is 10.1 Å². The van der Waals surface area contributed by atoms with Crippen LogP contribution in [0.25, 0.3) is 0 Å². The Morgan fingerprint density at radius 1 is 1.17 bits per heavy atom. The average molecular weight is 455 g/mol. The lowest BCUT2D eigenvalue weighted by atomic mass is 10.1. The Morgan fingerprint density at radius 2 is 1.90 bits per heavy atom. The highest BCUT2D eigenvalue weighted by atomic mass is 79.9. The third kappa shape index (κ3) is 5.35. The van der Waals surface area contributed by atoms with Gasteiger partial charge < -0.3 is 15.2 Å². The molecule has 3 aromatic rings. The van der Waals surface area contributed by atoms with Gasteiger partial charge >= 0.3 is 0 Å². The van der Waals surface area contributed by atoms with Gasteiger partial charge in [0, 0.05) is 27.8 Å². The summed E-state index contributed by atoms with van der Waals surface area (Å²) in [7, 11) is 0. The quantitative estimate of drug-likeness (QED) is 0.534. The highest BCUT2D eigenvalue weighted by molar-refractivity contribution is 9.10. The van der Waals surface area contributed by atoms with Crippen LogP contribution in [0, 0.1) is 13.8 Å². The van der Waals surface area contributed by atoms with Crippen molar-refractivity contribution in [2.45, 2.75) is 33.4 Å². The van der Waals surface area contributed by atoms with Crippen LogP contribution in [-0.2, 0) is 6.54 Å². The van der Waals surface area contributed by atoms with Crippen molar-refractivity contribution in [2.75, 3.05) is 0 Å². The van der Waals surface area contributed by atoms with Gasteiger partial charge in [-0.1, -0.05) is 34.1 Å². The fraction of sp³-hybridized carbons (Fsp3) is 0.217. The molecule has 0 bridgehead atoms. The number of aromatic nitrogens is 1. The van der Waals surface area contributed by atoms with E-state index in [4.69, 9.17) is 4.74 Å². The predicted molar refractivity (Wildman–Crippen MR) is 116 cm³/mol. The first kappa shape index (κ1) is 20.9. The number of pyridine rings is 1. The number of carbonyl (C=O) groups excluding carboxylic acids is 1. The zero-order valence-electron chi connectivity index (χ0n) is 16.6. The van der Waals surface area contributed by atoms with E-state index in [2.05, 4.69) is 26.2 Å². The normalized spacial score (nSPS) is 11.7. The third-order valence-electron chi connectivity index (χ3n) is 4.63. The molecular weight excluding hydrogens is 432 g/mol. The predicted octanol–water partition coefficient (Wildman–Crippen LogP) is 5.24. The smallest absolute Gasteiger partial charge is 0.251 e. The highest BCUT2D eigenvalue weighted by Crippen LogP contribution is 2.25.